The van der Waals surface area contributed by atoms with E-state index in [-0.39, 0.29) is 44.3 Å². The normalized spacial score (nSPS) is 23.8. The van der Waals surface area contributed by atoms with Crippen LogP contribution < -0.4 is 5.56 Å². The van der Waals surface area contributed by atoms with Crippen molar-refractivity contribution in [2.24, 2.45) is 5.92 Å². The quantitative estimate of drug-likeness (QED) is 0.316. The molecule has 1 unspecified atom stereocenters. The first-order valence-electron chi connectivity index (χ1n) is 14.5. The van der Waals surface area contributed by atoms with Crippen LogP contribution in [0.1, 0.15) is 68.0 Å². The summed E-state index contributed by atoms with van der Waals surface area (Å²) >= 11 is 0. The zero-order chi connectivity index (χ0) is 30.7. The first-order valence-corrected chi connectivity index (χ1v) is 23.3. The summed E-state index contributed by atoms with van der Waals surface area (Å²) in [6.45, 7) is 31.2. The van der Waals surface area contributed by atoms with Crippen LogP contribution in [0.15, 0.2) is 17.4 Å². The fourth-order valence-corrected chi connectivity index (χ4v) is 7.60. The van der Waals surface area contributed by atoms with Crippen molar-refractivity contribution in [3.63, 3.8) is 0 Å². The highest BCUT2D eigenvalue weighted by Gasteiger charge is 2.54. The van der Waals surface area contributed by atoms with Crippen LogP contribution in [-0.2, 0) is 13.6 Å². The molecule has 228 valence electrons. The van der Waals surface area contributed by atoms with Gasteiger partial charge in [0, 0.05) is 5.92 Å². The lowest BCUT2D eigenvalue weighted by molar-refractivity contribution is -0.0414. The molecule has 0 spiro atoms. The number of rotatable bonds is 9. The Morgan fingerprint density at radius 2 is 1.55 bits per heavy atom. The molecule has 2 aromatic rings. The topological polar surface area (TPSA) is 111 Å². The maximum Gasteiger partial charge on any atom is 0.278 e. The molecule has 4 atom stereocenters. The number of ether oxygens (including phenoxy) is 1. The van der Waals surface area contributed by atoms with Gasteiger partial charge in [-0.25, -0.2) is 9.97 Å². The second-order valence-corrected chi connectivity index (χ2v) is 29.9. The predicted molar refractivity (Wildman–Crippen MR) is 169 cm³/mol. The average molecular weight is 611 g/mol. The largest absolute Gasteiger partial charge is 0.432 e. The lowest BCUT2D eigenvalue weighted by Crippen LogP contribution is -2.51. The maximum atomic E-state index is 12.5. The summed E-state index contributed by atoms with van der Waals surface area (Å²) in [5, 5.41) is -0.275. The van der Waals surface area contributed by atoms with E-state index in [9.17, 15) is 9.59 Å². The number of aromatic amines is 1. The molecule has 0 bridgehead atoms. The number of nitrogens with zero attached hydrogens (tertiary/aromatic N) is 3. The van der Waals surface area contributed by atoms with E-state index in [2.05, 4.69) is 96.5 Å². The standard InChI is InChI=1S/C28H54N4O5Si3/c1-26(2,3)39(11,12)35-16-20-22(37-40(13,14)27(4,5)6)19(15-28(7,8)38(9,10)34)25(36-20)32-18-31-21-23(32)29-17-30-24(21)33/h17-20,22,25,34H,15-16H2,1-14H3,(H,29,30,33)/t19-,20+,22?,25+/m0/s1. The average Bonchev–Trinajstić information content (AvgIpc) is 3.32. The summed E-state index contributed by atoms with van der Waals surface area (Å²) in [7, 11) is -6.87. The third kappa shape index (κ3) is 6.57. The summed E-state index contributed by atoms with van der Waals surface area (Å²) in [4.78, 5) is 35.3. The van der Waals surface area contributed by atoms with Crippen LogP contribution >= 0.6 is 0 Å². The first kappa shape index (κ1) is 33.3. The Bertz CT molecular complexity index is 1240. The Morgan fingerprint density at radius 1 is 0.975 bits per heavy atom. The Hall–Kier alpha value is -1.16. The number of nitrogens with one attached hydrogen (secondary N) is 1. The minimum Gasteiger partial charge on any atom is -0.432 e. The minimum atomic E-state index is -2.57. The van der Waals surface area contributed by atoms with E-state index in [4.69, 9.17) is 13.6 Å². The van der Waals surface area contributed by atoms with Crippen molar-refractivity contribution >= 4 is 36.1 Å². The predicted octanol–water partition coefficient (Wildman–Crippen LogP) is 6.41. The van der Waals surface area contributed by atoms with Crippen molar-refractivity contribution in [3.8, 4) is 0 Å². The summed E-state index contributed by atoms with van der Waals surface area (Å²) in [5.74, 6) is -0.116. The molecule has 9 nitrogen and oxygen atoms in total. The monoisotopic (exact) mass is 610 g/mol. The van der Waals surface area contributed by atoms with Gasteiger partial charge in [0.25, 0.3) is 5.56 Å². The van der Waals surface area contributed by atoms with Gasteiger partial charge in [0.05, 0.1) is 25.4 Å². The molecule has 0 amide bonds. The molecule has 3 heterocycles. The lowest BCUT2D eigenvalue weighted by Gasteiger charge is -2.44. The molecule has 2 aromatic heterocycles. The third-order valence-electron chi connectivity index (χ3n) is 10.2. The van der Waals surface area contributed by atoms with Crippen molar-refractivity contribution in [3.05, 3.63) is 23.0 Å². The van der Waals surface area contributed by atoms with Crippen molar-refractivity contribution in [2.45, 2.75) is 135 Å². The smallest absolute Gasteiger partial charge is 0.278 e. The van der Waals surface area contributed by atoms with E-state index in [1.807, 2.05) is 17.7 Å². The van der Waals surface area contributed by atoms with E-state index in [0.29, 0.717) is 18.7 Å². The van der Waals surface area contributed by atoms with E-state index in [0.717, 1.165) is 0 Å². The number of imidazole rings is 1. The molecule has 2 N–H and O–H groups in total. The highest BCUT2D eigenvalue weighted by molar-refractivity contribution is 6.74. The van der Waals surface area contributed by atoms with Crippen LogP contribution in [-0.4, -0.2) is 68.1 Å². The van der Waals surface area contributed by atoms with Crippen LogP contribution in [0, 0.1) is 5.92 Å². The molecule has 1 aliphatic rings. The molecule has 0 radical (unpaired) electrons. The summed E-state index contributed by atoms with van der Waals surface area (Å²) in [5.41, 5.74) is 0.479. The third-order valence-corrected chi connectivity index (χ3v) is 22.7. The van der Waals surface area contributed by atoms with Crippen molar-refractivity contribution in [1.82, 2.24) is 19.5 Å². The fraction of sp³-hybridized carbons (Fsp3) is 0.821. The maximum absolute atomic E-state index is 12.5. The highest BCUT2D eigenvalue weighted by atomic mass is 28.4. The fourth-order valence-electron chi connectivity index (χ4n) is 4.49. The highest BCUT2D eigenvalue weighted by Crippen LogP contribution is 2.52. The second kappa shape index (κ2) is 10.8. The van der Waals surface area contributed by atoms with Crippen molar-refractivity contribution < 1.29 is 18.4 Å². The van der Waals surface area contributed by atoms with Gasteiger partial charge in [-0.3, -0.25) is 9.36 Å². The van der Waals surface area contributed by atoms with Crippen LogP contribution in [0.5, 0.6) is 0 Å². The van der Waals surface area contributed by atoms with Gasteiger partial charge in [0.2, 0.25) is 0 Å². The number of fused-ring (bicyclic) bond motifs is 1. The minimum absolute atomic E-state index is 0.00244. The molecule has 0 aromatic carbocycles. The molecule has 3 rings (SSSR count). The van der Waals surface area contributed by atoms with Gasteiger partial charge in [-0.15, -0.1) is 0 Å². The zero-order valence-corrected chi connectivity index (χ0v) is 30.3. The van der Waals surface area contributed by atoms with Gasteiger partial charge in [-0.1, -0.05) is 55.4 Å². The van der Waals surface area contributed by atoms with E-state index >= 15 is 0 Å². The van der Waals surface area contributed by atoms with Crippen LogP contribution in [0.25, 0.3) is 11.2 Å². The molecule has 1 fully saturated rings. The Balaban J connectivity index is 2.15. The Morgan fingerprint density at radius 3 is 2.08 bits per heavy atom. The summed E-state index contributed by atoms with van der Waals surface area (Å²) < 4.78 is 22.7. The van der Waals surface area contributed by atoms with Crippen LogP contribution in [0.2, 0.25) is 54.4 Å². The molecule has 12 heteroatoms. The van der Waals surface area contributed by atoms with E-state index < -0.39 is 31.2 Å². The lowest BCUT2D eigenvalue weighted by atomic mass is 9.89. The zero-order valence-electron chi connectivity index (χ0n) is 27.3. The second-order valence-electron chi connectivity index (χ2n) is 15.8. The first-order chi connectivity index (χ1) is 17.9. The summed E-state index contributed by atoms with van der Waals surface area (Å²) in [6, 6.07) is 0. The molecular weight excluding hydrogens is 557 g/mol. The van der Waals surface area contributed by atoms with Gasteiger partial charge < -0.3 is 23.4 Å². The molecular formula is C28H54N4O5Si3. The molecule has 40 heavy (non-hydrogen) atoms. The van der Waals surface area contributed by atoms with Crippen molar-refractivity contribution in [1.29, 1.82) is 0 Å². The molecule has 1 aliphatic heterocycles. The number of aromatic nitrogens is 4. The molecule has 1 saturated heterocycles. The van der Waals surface area contributed by atoms with Gasteiger partial charge >= 0.3 is 0 Å². The van der Waals surface area contributed by atoms with E-state index in [1.54, 1.807) is 6.33 Å². The van der Waals surface area contributed by atoms with Crippen LogP contribution in [0.4, 0.5) is 0 Å². The van der Waals surface area contributed by atoms with E-state index in [1.165, 1.54) is 6.33 Å². The van der Waals surface area contributed by atoms with Gasteiger partial charge in [-0.2, -0.15) is 0 Å². The van der Waals surface area contributed by atoms with Crippen molar-refractivity contribution in [2.75, 3.05) is 6.61 Å². The molecule has 0 saturated carbocycles. The Kier molecular flexibility index (Phi) is 9.03. The van der Waals surface area contributed by atoms with Gasteiger partial charge in [-0.05, 0) is 60.8 Å². The van der Waals surface area contributed by atoms with Crippen LogP contribution in [0.3, 0.4) is 0 Å². The number of hydrogen-bond acceptors (Lipinski definition) is 7. The number of hydrogen-bond donors (Lipinski definition) is 2. The van der Waals surface area contributed by atoms with Gasteiger partial charge in [0.15, 0.2) is 36.1 Å². The number of H-pyrrole nitrogens is 1. The molecule has 0 aliphatic carbocycles. The summed E-state index contributed by atoms with van der Waals surface area (Å²) in [6.07, 6.45) is 2.69. The van der Waals surface area contributed by atoms with Gasteiger partial charge in [0.1, 0.15) is 12.3 Å². The SMILES string of the molecule is CC(C)(C[C@H]1C(O[Si](C)(C)C(C)(C)C)[C@@H](CO[Si](C)(C)C(C)(C)C)O[C@H]1n1cnc2c(=O)[nH]cnc21)[Si](C)(C)O. The Labute approximate surface area is 243 Å².